The maximum atomic E-state index is 13.1. The number of benzene rings is 1. The topological polar surface area (TPSA) is 93.5 Å². The lowest BCUT2D eigenvalue weighted by atomic mass is 10.2. The average Bonchev–Trinajstić information content (AvgIpc) is 3.54. The van der Waals surface area contributed by atoms with E-state index in [0.717, 1.165) is 37.2 Å². The Balaban J connectivity index is 1.57. The lowest BCUT2D eigenvalue weighted by Crippen LogP contribution is -2.31. The molecule has 1 N–H and O–H groups in total. The van der Waals surface area contributed by atoms with Gasteiger partial charge in [0.25, 0.3) is 0 Å². The molecule has 0 aliphatic carbocycles. The van der Waals surface area contributed by atoms with E-state index < -0.39 is 10.0 Å². The van der Waals surface area contributed by atoms with Crippen molar-refractivity contribution in [2.45, 2.75) is 44.7 Å². The van der Waals surface area contributed by atoms with Gasteiger partial charge in [-0.25, -0.2) is 18.1 Å². The Morgan fingerprint density at radius 1 is 1.24 bits per heavy atom. The second-order valence-electron chi connectivity index (χ2n) is 7.98. The molecular weight excluding hydrogens is 460 g/mol. The monoisotopic (exact) mass is 488 g/mol. The molecule has 2 aromatic heterocycles. The van der Waals surface area contributed by atoms with E-state index in [9.17, 15) is 13.2 Å². The van der Waals surface area contributed by atoms with Gasteiger partial charge in [0, 0.05) is 36.9 Å². The molecule has 1 saturated heterocycles. The number of thiazole rings is 1. The summed E-state index contributed by atoms with van der Waals surface area (Å²) in [4.78, 5) is 19.2. The number of ether oxygens (including phenoxy) is 1. The summed E-state index contributed by atoms with van der Waals surface area (Å²) in [5.41, 5.74) is 2.27. The summed E-state index contributed by atoms with van der Waals surface area (Å²) in [5, 5.41) is 2.60. The van der Waals surface area contributed by atoms with Gasteiger partial charge in [0.2, 0.25) is 15.9 Å². The van der Waals surface area contributed by atoms with Crippen LogP contribution in [0.15, 0.2) is 46.8 Å². The SMILES string of the molecule is CCOc1cccc(CNS(=O)(=O)c2cc(-c3nc(C)cs3)n(CC(=O)N3CCCC3)c2)c1. The predicted molar refractivity (Wildman–Crippen MR) is 128 cm³/mol. The van der Waals surface area contributed by atoms with Crippen LogP contribution in [0.1, 0.15) is 31.0 Å². The lowest BCUT2D eigenvalue weighted by molar-refractivity contribution is -0.130. The quantitative estimate of drug-likeness (QED) is 0.498. The van der Waals surface area contributed by atoms with E-state index in [2.05, 4.69) is 9.71 Å². The number of nitrogens with one attached hydrogen (secondary N) is 1. The summed E-state index contributed by atoms with van der Waals surface area (Å²) in [6.07, 6.45) is 3.53. The molecule has 1 amide bonds. The van der Waals surface area contributed by atoms with Crippen LogP contribution < -0.4 is 9.46 Å². The molecule has 0 saturated carbocycles. The molecule has 4 rings (SSSR count). The first kappa shape index (κ1) is 23.5. The molecule has 0 bridgehead atoms. The van der Waals surface area contributed by atoms with Gasteiger partial charge in [0.05, 0.1) is 12.3 Å². The summed E-state index contributed by atoms with van der Waals surface area (Å²) in [7, 11) is -3.80. The van der Waals surface area contributed by atoms with E-state index in [1.165, 1.54) is 17.5 Å². The van der Waals surface area contributed by atoms with Crippen molar-refractivity contribution in [3.63, 3.8) is 0 Å². The minimum atomic E-state index is -3.80. The molecule has 176 valence electrons. The normalized spacial score (nSPS) is 14.1. The van der Waals surface area contributed by atoms with Crippen LogP contribution >= 0.6 is 11.3 Å². The maximum absolute atomic E-state index is 13.1. The van der Waals surface area contributed by atoms with Crippen LogP contribution in [0.2, 0.25) is 0 Å². The number of carbonyl (C=O) groups excluding carboxylic acids is 1. The number of hydrogen-bond acceptors (Lipinski definition) is 6. The number of carbonyl (C=O) groups is 1. The van der Waals surface area contributed by atoms with Crippen LogP contribution in [0.4, 0.5) is 0 Å². The standard InChI is InChI=1S/C23H28N4O4S2/c1-3-31-19-8-6-7-18(11-19)13-24-33(29,30)20-12-21(23-25-17(2)16-32-23)27(14-20)15-22(28)26-9-4-5-10-26/h6-8,11-12,14,16,24H,3-5,9-10,13,15H2,1-2H3. The maximum Gasteiger partial charge on any atom is 0.242 e. The zero-order valence-corrected chi connectivity index (χ0v) is 20.4. The van der Waals surface area contributed by atoms with Crippen molar-refractivity contribution in [1.82, 2.24) is 19.2 Å². The number of aromatic nitrogens is 2. The van der Waals surface area contributed by atoms with Gasteiger partial charge < -0.3 is 14.2 Å². The van der Waals surface area contributed by atoms with Crippen LogP contribution in [0.5, 0.6) is 5.75 Å². The van der Waals surface area contributed by atoms with Crippen LogP contribution in [-0.2, 0) is 27.9 Å². The van der Waals surface area contributed by atoms with Crippen LogP contribution in [0, 0.1) is 6.92 Å². The molecule has 1 aliphatic rings. The molecule has 0 radical (unpaired) electrons. The number of likely N-dealkylation sites (tertiary alicyclic amines) is 1. The fourth-order valence-corrected chi connectivity index (χ4v) is 5.68. The fourth-order valence-electron chi connectivity index (χ4n) is 3.80. The predicted octanol–water partition coefficient (Wildman–Crippen LogP) is 3.42. The van der Waals surface area contributed by atoms with E-state index >= 15 is 0 Å². The van der Waals surface area contributed by atoms with Gasteiger partial charge in [0.15, 0.2) is 0 Å². The Kier molecular flexibility index (Phi) is 7.16. The van der Waals surface area contributed by atoms with Gasteiger partial charge in [-0.3, -0.25) is 4.79 Å². The summed E-state index contributed by atoms with van der Waals surface area (Å²) in [6, 6.07) is 8.91. The number of nitrogens with zero attached hydrogens (tertiary/aromatic N) is 3. The second-order valence-corrected chi connectivity index (χ2v) is 10.6. The van der Waals surface area contributed by atoms with Crippen molar-refractivity contribution in [1.29, 1.82) is 0 Å². The van der Waals surface area contributed by atoms with Crippen LogP contribution in [0.3, 0.4) is 0 Å². The third-order valence-corrected chi connectivity index (χ3v) is 7.81. The summed E-state index contributed by atoms with van der Waals surface area (Å²) in [6.45, 7) is 6.04. The summed E-state index contributed by atoms with van der Waals surface area (Å²) < 4.78 is 36.0. The third-order valence-electron chi connectivity index (χ3n) is 5.46. The Morgan fingerprint density at radius 2 is 2.03 bits per heavy atom. The van der Waals surface area contributed by atoms with Crippen LogP contribution in [0.25, 0.3) is 10.7 Å². The molecule has 0 unspecified atom stereocenters. The van der Waals surface area contributed by atoms with E-state index in [0.29, 0.717) is 23.1 Å². The highest BCUT2D eigenvalue weighted by molar-refractivity contribution is 7.89. The molecule has 0 atom stereocenters. The van der Waals surface area contributed by atoms with E-state index in [1.807, 2.05) is 48.4 Å². The Labute approximate surface area is 198 Å². The molecule has 1 aromatic carbocycles. The molecule has 8 nitrogen and oxygen atoms in total. The van der Waals surface area contributed by atoms with Crippen molar-refractivity contribution in [3.05, 3.63) is 53.2 Å². The summed E-state index contributed by atoms with van der Waals surface area (Å²) >= 11 is 1.43. The summed E-state index contributed by atoms with van der Waals surface area (Å²) in [5.74, 6) is 0.685. The zero-order valence-electron chi connectivity index (χ0n) is 18.8. The van der Waals surface area contributed by atoms with Gasteiger partial charge in [-0.1, -0.05) is 12.1 Å². The number of amides is 1. The van der Waals surface area contributed by atoms with Gasteiger partial charge in [0.1, 0.15) is 22.2 Å². The van der Waals surface area contributed by atoms with Crippen molar-refractivity contribution in [2.75, 3.05) is 19.7 Å². The molecule has 10 heteroatoms. The highest BCUT2D eigenvalue weighted by Gasteiger charge is 2.24. The second kappa shape index (κ2) is 10.1. The Hall–Kier alpha value is -2.69. The number of aryl methyl sites for hydroxylation is 1. The Bertz CT molecular complexity index is 1230. The van der Waals surface area contributed by atoms with Gasteiger partial charge in [-0.05, 0) is 50.5 Å². The smallest absolute Gasteiger partial charge is 0.242 e. The van der Waals surface area contributed by atoms with Crippen molar-refractivity contribution in [3.8, 4) is 16.5 Å². The zero-order chi connectivity index (χ0) is 23.4. The largest absolute Gasteiger partial charge is 0.494 e. The lowest BCUT2D eigenvalue weighted by Gasteiger charge is -2.16. The van der Waals surface area contributed by atoms with Crippen molar-refractivity contribution < 1.29 is 17.9 Å². The number of sulfonamides is 1. The minimum Gasteiger partial charge on any atom is -0.494 e. The fraction of sp³-hybridized carbons (Fsp3) is 0.391. The number of hydrogen-bond donors (Lipinski definition) is 1. The minimum absolute atomic E-state index is 0.0118. The Morgan fingerprint density at radius 3 is 2.73 bits per heavy atom. The van der Waals surface area contributed by atoms with Crippen molar-refractivity contribution in [2.24, 2.45) is 0 Å². The van der Waals surface area contributed by atoms with Gasteiger partial charge in [-0.15, -0.1) is 11.3 Å². The van der Waals surface area contributed by atoms with E-state index in [4.69, 9.17) is 4.74 Å². The molecule has 33 heavy (non-hydrogen) atoms. The first-order valence-corrected chi connectivity index (χ1v) is 13.3. The van der Waals surface area contributed by atoms with Gasteiger partial charge >= 0.3 is 0 Å². The van der Waals surface area contributed by atoms with Crippen molar-refractivity contribution >= 4 is 27.3 Å². The molecule has 3 aromatic rings. The highest BCUT2D eigenvalue weighted by atomic mass is 32.2. The third kappa shape index (κ3) is 5.63. The highest BCUT2D eigenvalue weighted by Crippen LogP contribution is 2.28. The molecule has 1 fully saturated rings. The molecule has 1 aliphatic heterocycles. The van der Waals surface area contributed by atoms with Crippen LogP contribution in [-0.4, -0.2) is 48.5 Å². The van der Waals surface area contributed by atoms with Gasteiger partial charge in [-0.2, -0.15) is 0 Å². The molecular formula is C23H28N4O4S2. The first-order valence-electron chi connectivity index (χ1n) is 11.0. The van der Waals surface area contributed by atoms with E-state index in [1.54, 1.807) is 10.6 Å². The molecule has 0 spiro atoms. The number of rotatable bonds is 9. The molecule has 3 heterocycles. The first-order chi connectivity index (χ1) is 15.9. The average molecular weight is 489 g/mol. The van der Waals surface area contributed by atoms with E-state index in [-0.39, 0.29) is 23.9 Å².